The van der Waals surface area contributed by atoms with Crippen molar-refractivity contribution < 1.29 is 9.53 Å². The summed E-state index contributed by atoms with van der Waals surface area (Å²) in [6.45, 7) is 5.09. The van der Waals surface area contributed by atoms with Crippen LogP contribution in [0.1, 0.15) is 51.4 Å². The van der Waals surface area contributed by atoms with E-state index in [0.717, 1.165) is 25.9 Å². The highest BCUT2D eigenvalue weighted by atomic mass is 16.5. The van der Waals surface area contributed by atoms with E-state index in [2.05, 4.69) is 6.58 Å². The molecule has 0 saturated heterocycles. The van der Waals surface area contributed by atoms with Crippen LogP contribution in [0.4, 0.5) is 0 Å². The van der Waals surface area contributed by atoms with Gasteiger partial charge in [-0.05, 0) is 12.8 Å². The molecule has 0 radical (unpaired) electrons. The van der Waals surface area contributed by atoms with Crippen LogP contribution >= 0.6 is 0 Å². The lowest BCUT2D eigenvalue weighted by molar-refractivity contribution is -0.118. The number of unbranched alkanes of at least 4 members (excludes halogenated alkanes) is 6. The first-order valence-corrected chi connectivity index (χ1v) is 6.24. The van der Waals surface area contributed by atoms with Crippen LogP contribution in [0.2, 0.25) is 0 Å². The number of carbonyl (C=O) groups is 1. The number of rotatable bonds is 12. The van der Waals surface area contributed by atoms with Crippen molar-refractivity contribution in [2.45, 2.75) is 51.4 Å². The lowest BCUT2D eigenvalue weighted by atomic mass is 10.1. The van der Waals surface area contributed by atoms with Gasteiger partial charge >= 0.3 is 0 Å². The van der Waals surface area contributed by atoms with Gasteiger partial charge in [0.2, 0.25) is 5.91 Å². The van der Waals surface area contributed by atoms with Crippen LogP contribution in [0.25, 0.3) is 0 Å². The summed E-state index contributed by atoms with van der Waals surface area (Å²) in [5, 5.41) is 0. The van der Waals surface area contributed by atoms with Crippen LogP contribution in [0, 0.1) is 0 Å². The molecule has 0 aromatic carbocycles. The molecule has 3 nitrogen and oxygen atoms in total. The van der Waals surface area contributed by atoms with Gasteiger partial charge in [-0.1, -0.05) is 38.2 Å². The van der Waals surface area contributed by atoms with Gasteiger partial charge in [0.05, 0.1) is 6.61 Å². The molecule has 0 aliphatic rings. The lowest BCUT2D eigenvalue weighted by Gasteiger charge is -2.02. The summed E-state index contributed by atoms with van der Waals surface area (Å²) in [6.07, 6.45) is 10.5. The van der Waals surface area contributed by atoms with Crippen LogP contribution in [0.15, 0.2) is 12.7 Å². The number of primary amides is 1. The predicted octanol–water partition coefficient (Wildman–Crippen LogP) is 2.80. The Morgan fingerprint density at radius 1 is 1.06 bits per heavy atom. The summed E-state index contributed by atoms with van der Waals surface area (Å²) in [4.78, 5) is 10.5. The first-order valence-electron chi connectivity index (χ1n) is 6.24. The van der Waals surface area contributed by atoms with E-state index in [0.29, 0.717) is 13.0 Å². The fourth-order valence-electron chi connectivity index (χ4n) is 1.55. The van der Waals surface area contributed by atoms with Crippen molar-refractivity contribution in [1.82, 2.24) is 0 Å². The van der Waals surface area contributed by atoms with Gasteiger partial charge in [-0.25, -0.2) is 0 Å². The van der Waals surface area contributed by atoms with Gasteiger partial charge in [0, 0.05) is 13.0 Å². The van der Waals surface area contributed by atoms with Gasteiger partial charge in [-0.3, -0.25) is 4.79 Å². The monoisotopic (exact) mass is 227 g/mol. The van der Waals surface area contributed by atoms with Crippen molar-refractivity contribution in [2.24, 2.45) is 5.73 Å². The Balaban J connectivity index is 2.93. The molecule has 16 heavy (non-hydrogen) atoms. The summed E-state index contributed by atoms with van der Waals surface area (Å²) in [5.74, 6) is -0.181. The van der Waals surface area contributed by atoms with Crippen molar-refractivity contribution in [3.05, 3.63) is 12.7 Å². The van der Waals surface area contributed by atoms with Crippen LogP contribution in [0.3, 0.4) is 0 Å². The van der Waals surface area contributed by atoms with Gasteiger partial charge in [-0.2, -0.15) is 0 Å². The molecule has 0 aliphatic heterocycles. The largest absolute Gasteiger partial charge is 0.377 e. The maximum absolute atomic E-state index is 10.5. The second-order valence-electron chi connectivity index (χ2n) is 4.05. The van der Waals surface area contributed by atoms with Gasteiger partial charge in [0.15, 0.2) is 0 Å². The number of ether oxygens (including phenoxy) is 1. The van der Waals surface area contributed by atoms with Gasteiger partial charge in [0.1, 0.15) is 0 Å². The van der Waals surface area contributed by atoms with Crippen molar-refractivity contribution in [3.63, 3.8) is 0 Å². The maximum atomic E-state index is 10.5. The fraction of sp³-hybridized carbons (Fsp3) is 0.769. The first-order chi connectivity index (χ1) is 7.77. The van der Waals surface area contributed by atoms with Gasteiger partial charge in [-0.15, -0.1) is 6.58 Å². The standard InChI is InChI=1S/C13H25NO2/c1-2-11-16-12-9-7-5-3-4-6-8-10-13(14)15/h2H,1,3-12H2,(H2,14,15). The van der Waals surface area contributed by atoms with E-state index >= 15 is 0 Å². The van der Waals surface area contributed by atoms with E-state index in [1.165, 1.54) is 25.7 Å². The van der Waals surface area contributed by atoms with Gasteiger partial charge in [0.25, 0.3) is 0 Å². The minimum atomic E-state index is -0.181. The van der Waals surface area contributed by atoms with E-state index in [1.54, 1.807) is 6.08 Å². The summed E-state index contributed by atoms with van der Waals surface area (Å²) >= 11 is 0. The van der Waals surface area contributed by atoms with Crippen molar-refractivity contribution in [2.75, 3.05) is 13.2 Å². The molecule has 0 spiro atoms. The molecular weight excluding hydrogens is 202 g/mol. The van der Waals surface area contributed by atoms with E-state index in [9.17, 15) is 4.79 Å². The Hall–Kier alpha value is -0.830. The number of amides is 1. The number of nitrogens with two attached hydrogens (primary N) is 1. The minimum absolute atomic E-state index is 0.181. The molecule has 94 valence electrons. The van der Waals surface area contributed by atoms with Crippen molar-refractivity contribution in [3.8, 4) is 0 Å². The van der Waals surface area contributed by atoms with Crippen LogP contribution in [0.5, 0.6) is 0 Å². The summed E-state index contributed by atoms with van der Waals surface area (Å²) in [5.41, 5.74) is 5.05. The molecule has 0 aromatic rings. The Morgan fingerprint density at radius 3 is 2.19 bits per heavy atom. The summed E-state index contributed by atoms with van der Waals surface area (Å²) in [6, 6.07) is 0. The molecule has 0 saturated carbocycles. The highest BCUT2D eigenvalue weighted by Crippen LogP contribution is 2.08. The first kappa shape index (κ1) is 15.2. The zero-order valence-electron chi connectivity index (χ0n) is 10.2. The molecule has 0 unspecified atom stereocenters. The molecule has 0 aromatic heterocycles. The molecule has 0 bridgehead atoms. The van der Waals surface area contributed by atoms with Crippen molar-refractivity contribution >= 4 is 5.91 Å². The van der Waals surface area contributed by atoms with E-state index < -0.39 is 0 Å². The maximum Gasteiger partial charge on any atom is 0.217 e. The molecule has 1 amide bonds. The molecule has 0 rings (SSSR count). The minimum Gasteiger partial charge on any atom is -0.377 e. The van der Waals surface area contributed by atoms with Crippen LogP contribution < -0.4 is 5.73 Å². The number of carbonyl (C=O) groups excluding carboxylic acids is 1. The summed E-state index contributed by atoms with van der Waals surface area (Å²) in [7, 11) is 0. The molecule has 0 fully saturated rings. The topological polar surface area (TPSA) is 52.3 Å². The predicted molar refractivity (Wildman–Crippen MR) is 67.1 cm³/mol. The second-order valence-corrected chi connectivity index (χ2v) is 4.05. The third-order valence-electron chi connectivity index (χ3n) is 2.45. The Bertz CT molecular complexity index is 181. The van der Waals surface area contributed by atoms with Crippen LogP contribution in [-0.4, -0.2) is 19.1 Å². The molecule has 3 heteroatoms. The Labute approximate surface area is 99.0 Å². The lowest BCUT2D eigenvalue weighted by Crippen LogP contribution is -2.09. The summed E-state index contributed by atoms with van der Waals surface area (Å²) < 4.78 is 5.28. The fourth-order valence-corrected chi connectivity index (χ4v) is 1.55. The molecule has 0 aliphatic carbocycles. The SMILES string of the molecule is C=CCOCCCCCCCCCC(N)=O. The molecular formula is C13H25NO2. The highest BCUT2D eigenvalue weighted by Gasteiger charge is 1.95. The van der Waals surface area contributed by atoms with Crippen molar-refractivity contribution in [1.29, 1.82) is 0 Å². The van der Waals surface area contributed by atoms with Crippen LogP contribution in [-0.2, 0) is 9.53 Å². The molecule has 2 N–H and O–H groups in total. The smallest absolute Gasteiger partial charge is 0.217 e. The average molecular weight is 227 g/mol. The quantitative estimate of drug-likeness (QED) is 0.412. The average Bonchev–Trinajstić information content (AvgIpc) is 2.25. The van der Waals surface area contributed by atoms with E-state index in [-0.39, 0.29) is 5.91 Å². The zero-order chi connectivity index (χ0) is 12.1. The second kappa shape index (κ2) is 12.2. The molecule has 0 atom stereocenters. The number of hydrogen-bond acceptors (Lipinski definition) is 2. The highest BCUT2D eigenvalue weighted by molar-refractivity contribution is 5.73. The third-order valence-corrected chi connectivity index (χ3v) is 2.45. The Kier molecular flexibility index (Phi) is 11.6. The zero-order valence-corrected chi connectivity index (χ0v) is 10.2. The number of hydrogen-bond donors (Lipinski definition) is 1. The van der Waals surface area contributed by atoms with E-state index in [4.69, 9.17) is 10.5 Å². The van der Waals surface area contributed by atoms with E-state index in [1.807, 2.05) is 0 Å². The molecule has 0 heterocycles. The third kappa shape index (κ3) is 13.2. The Morgan fingerprint density at radius 2 is 1.62 bits per heavy atom. The normalized spacial score (nSPS) is 10.2. The van der Waals surface area contributed by atoms with Gasteiger partial charge < -0.3 is 10.5 Å².